The van der Waals surface area contributed by atoms with Crippen molar-refractivity contribution in [2.24, 2.45) is 0 Å². The van der Waals surface area contributed by atoms with E-state index in [0.29, 0.717) is 18.8 Å². The first kappa shape index (κ1) is 18.6. The van der Waals surface area contributed by atoms with Crippen LogP contribution in [-0.4, -0.2) is 31.1 Å². The van der Waals surface area contributed by atoms with E-state index in [1.807, 2.05) is 0 Å². The van der Waals surface area contributed by atoms with Gasteiger partial charge in [-0.15, -0.1) is 0 Å². The van der Waals surface area contributed by atoms with E-state index in [9.17, 15) is 19.3 Å². The van der Waals surface area contributed by atoms with E-state index >= 15 is 0 Å². The third kappa shape index (κ3) is 4.88. The topological polar surface area (TPSA) is 93.5 Å². The van der Waals surface area contributed by atoms with Crippen LogP contribution >= 0.6 is 11.6 Å². The van der Waals surface area contributed by atoms with Gasteiger partial charge in [0.2, 0.25) is 0 Å². The highest BCUT2D eigenvalue weighted by Gasteiger charge is 2.18. The summed E-state index contributed by atoms with van der Waals surface area (Å²) in [6.45, 7) is 0.772. The van der Waals surface area contributed by atoms with Crippen molar-refractivity contribution in [3.8, 4) is 0 Å². The van der Waals surface area contributed by atoms with Crippen LogP contribution in [0.15, 0.2) is 36.4 Å². The van der Waals surface area contributed by atoms with Crippen molar-refractivity contribution in [3.63, 3.8) is 0 Å². The lowest BCUT2D eigenvalue weighted by molar-refractivity contribution is -0.384. The molecule has 0 heterocycles. The van der Waals surface area contributed by atoms with Gasteiger partial charge in [-0.1, -0.05) is 11.6 Å². The SMILES string of the molecule is COCCNc1ccc([N+](=O)[O-])cc1C(=O)Nc1ccc(Cl)cc1F. The molecule has 0 aliphatic heterocycles. The molecule has 2 rings (SSSR count). The van der Waals surface area contributed by atoms with Gasteiger partial charge >= 0.3 is 0 Å². The van der Waals surface area contributed by atoms with Gasteiger partial charge in [0, 0.05) is 36.5 Å². The second kappa shape index (κ2) is 8.41. The molecule has 0 saturated heterocycles. The van der Waals surface area contributed by atoms with Gasteiger partial charge in [-0.05, 0) is 24.3 Å². The number of amides is 1. The first-order valence-electron chi connectivity index (χ1n) is 7.20. The quantitative estimate of drug-likeness (QED) is 0.442. The van der Waals surface area contributed by atoms with Crippen molar-refractivity contribution >= 4 is 34.6 Å². The molecule has 0 radical (unpaired) electrons. The number of carbonyl (C=O) groups is 1. The lowest BCUT2D eigenvalue weighted by Gasteiger charge is -2.12. The van der Waals surface area contributed by atoms with Crippen molar-refractivity contribution in [1.29, 1.82) is 0 Å². The number of nitrogens with zero attached hydrogens (tertiary/aromatic N) is 1. The van der Waals surface area contributed by atoms with Crippen LogP contribution in [0.25, 0.3) is 0 Å². The zero-order valence-electron chi connectivity index (χ0n) is 13.2. The molecule has 0 aliphatic carbocycles. The Morgan fingerprint density at radius 3 is 2.64 bits per heavy atom. The largest absolute Gasteiger partial charge is 0.383 e. The highest BCUT2D eigenvalue weighted by molar-refractivity contribution is 6.30. The lowest BCUT2D eigenvalue weighted by atomic mass is 10.1. The monoisotopic (exact) mass is 367 g/mol. The standard InChI is InChI=1S/C16H15ClFN3O4/c1-25-7-6-19-14-5-3-11(21(23)24)9-12(14)16(22)20-15-4-2-10(17)8-13(15)18/h2-5,8-9,19H,6-7H2,1H3,(H,20,22). The highest BCUT2D eigenvalue weighted by atomic mass is 35.5. The predicted octanol–water partition coefficient (Wildman–Crippen LogP) is 3.70. The first-order valence-corrected chi connectivity index (χ1v) is 7.58. The summed E-state index contributed by atoms with van der Waals surface area (Å²) in [5, 5.41) is 16.5. The van der Waals surface area contributed by atoms with Gasteiger partial charge in [0.15, 0.2) is 0 Å². The number of hydrogen-bond donors (Lipinski definition) is 2. The van der Waals surface area contributed by atoms with Crippen LogP contribution in [0.3, 0.4) is 0 Å². The van der Waals surface area contributed by atoms with E-state index in [-0.39, 0.29) is 22.0 Å². The maximum absolute atomic E-state index is 13.8. The zero-order valence-corrected chi connectivity index (χ0v) is 14.0. The van der Waals surface area contributed by atoms with Gasteiger partial charge in [0.1, 0.15) is 5.82 Å². The van der Waals surface area contributed by atoms with Crippen LogP contribution in [-0.2, 0) is 4.74 Å². The normalized spacial score (nSPS) is 10.4. The molecule has 2 aromatic rings. The fourth-order valence-corrected chi connectivity index (χ4v) is 2.21. The van der Waals surface area contributed by atoms with Crippen molar-refractivity contribution < 1.29 is 18.8 Å². The number of benzene rings is 2. The van der Waals surface area contributed by atoms with Crippen LogP contribution in [0.4, 0.5) is 21.5 Å². The fraction of sp³-hybridized carbons (Fsp3) is 0.188. The number of ether oxygens (including phenoxy) is 1. The predicted molar refractivity (Wildman–Crippen MR) is 92.8 cm³/mol. The Bertz CT molecular complexity index is 801. The molecule has 2 aromatic carbocycles. The number of halogens is 2. The average molecular weight is 368 g/mol. The van der Waals surface area contributed by atoms with Gasteiger partial charge < -0.3 is 15.4 Å². The fourth-order valence-electron chi connectivity index (χ4n) is 2.06. The van der Waals surface area contributed by atoms with Crippen LogP contribution in [0.2, 0.25) is 5.02 Å². The summed E-state index contributed by atoms with van der Waals surface area (Å²) in [5.74, 6) is -1.40. The summed E-state index contributed by atoms with van der Waals surface area (Å²) in [6.07, 6.45) is 0. The summed E-state index contributed by atoms with van der Waals surface area (Å²) in [7, 11) is 1.52. The number of rotatable bonds is 7. The molecule has 0 aliphatic rings. The number of non-ortho nitro benzene ring substituents is 1. The molecular weight excluding hydrogens is 353 g/mol. The molecule has 7 nitrogen and oxygen atoms in total. The maximum Gasteiger partial charge on any atom is 0.270 e. The molecule has 132 valence electrons. The minimum absolute atomic E-state index is 0.0136. The Morgan fingerprint density at radius 1 is 1.28 bits per heavy atom. The third-order valence-corrected chi connectivity index (χ3v) is 3.49. The number of nitro benzene ring substituents is 1. The number of methoxy groups -OCH3 is 1. The maximum atomic E-state index is 13.8. The summed E-state index contributed by atoms with van der Waals surface area (Å²) >= 11 is 5.67. The Morgan fingerprint density at radius 2 is 2.00 bits per heavy atom. The van der Waals surface area contributed by atoms with Crippen molar-refractivity contribution in [1.82, 2.24) is 0 Å². The Kier molecular flexibility index (Phi) is 6.26. The smallest absolute Gasteiger partial charge is 0.270 e. The Balaban J connectivity index is 2.31. The summed E-state index contributed by atoms with van der Waals surface area (Å²) in [6, 6.07) is 7.60. The van der Waals surface area contributed by atoms with Crippen LogP contribution < -0.4 is 10.6 Å². The second-order valence-electron chi connectivity index (χ2n) is 4.98. The number of nitrogens with one attached hydrogen (secondary N) is 2. The number of anilines is 2. The van der Waals surface area contributed by atoms with E-state index in [0.717, 1.165) is 12.1 Å². The minimum atomic E-state index is -0.708. The summed E-state index contributed by atoms with van der Waals surface area (Å²) in [4.78, 5) is 22.8. The summed E-state index contributed by atoms with van der Waals surface area (Å²) in [5.41, 5.74) is 0.0527. The zero-order chi connectivity index (χ0) is 18.4. The molecule has 0 saturated carbocycles. The van der Waals surface area contributed by atoms with Crippen LogP contribution in [0.1, 0.15) is 10.4 Å². The van der Waals surface area contributed by atoms with E-state index in [1.165, 1.54) is 31.4 Å². The van der Waals surface area contributed by atoms with E-state index in [2.05, 4.69) is 10.6 Å². The molecule has 0 aromatic heterocycles. The van der Waals surface area contributed by atoms with Crippen molar-refractivity contribution in [2.45, 2.75) is 0 Å². The van der Waals surface area contributed by atoms with Crippen LogP contribution in [0.5, 0.6) is 0 Å². The first-order chi connectivity index (χ1) is 11.9. The molecule has 25 heavy (non-hydrogen) atoms. The minimum Gasteiger partial charge on any atom is -0.383 e. The Hall–Kier alpha value is -2.71. The Labute approximate surface area is 147 Å². The molecule has 0 bridgehead atoms. The number of hydrogen-bond acceptors (Lipinski definition) is 5. The van der Waals surface area contributed by atoms with Crippen molar-refractivity contribution in [3.05, 3.63) is 62.9 Å². The van der Waals surface area contributed by atoms with Crippen molar-refractivity contribution in [2.75, 3.05) is 30.9 Å². The highest BCUT2D eigenvalue weighted by Crippen LogP contribution is 2.25. The van der Waals surface area contributed by atoms with Gasteiger partial charge in [0.05, 0.1) is 22.8 Å². The molecule has 0 unspecified atom stereocenters. The van der Waals surface area contributed by atoms with Gasteiger partial charge in [-0.2, -0.15) is 0 Å². The lowest BCUT2D eigenvalue weighted by Crippen LogP contribution is -2.17. The molecule has 0 atom stereocenters. The molecule has 0 fully saturated rings. The van der Waals surface area contributed by atoms with E-state index in [4.69, 9.17) is 16.3 Å². The van der Waals surface area contributed by atoms with Gasteiger partial charge in [-0.3, -0.25) is 14.9 Å². The second-order valence-corrected chi connectivity index (χ2v) is 5.42. The average Bonchev–Trinajstić information content (AvgIpc) is 2.57. The number of carbonyl (C=O) groups excluding carboxylic acids is 1. The number of nitro groups is 1. The van der Waals surface area contributed by atoms with E-state index in [1.54, 1.807) is 0 Å². The molecular formula is C16H15ClFN3O4. The molecule has 0 spiro atoms. The van der Waals surface area contributed by atoms with Gasteiger partial charge in [0.25, 0.3) is 11.6 Å². The molecule has 1 amide bonds. The summed E-state index contributed by atoms with van der Waals surface area (Å²) < 4.78 is 18.8. The van der Waals surface area contributed by atoms with Crippen LogP contribution in [0, 0.1) is 15.9 Å². The van der Waals surface area contributed by atoms with Gasteiger partial charge in [-0.25, -0.2) is 4.39 Å². The molecule has 9 heteroatoms. The van der Waals surface area contributed by atoms with E-state index < -0.39 is 16.6 Å². The molecule has 2 N–H and O–H groups in total. The third-order valence-electron chi connectivity index (χ3n) is 3.26.